The molecule has 1 aromatic heterocycles. The van der Waals surface area contributed by atoms with Crippen molar-refractivity contribution in [3.05, 3.63) is 60.5 Å². The normalized spacial score (nSPS) is 19.7. The molecule has 2 saturated heterocycles. The zero-order valence-corrected chi connectivity index (χ0v) is 16.0. The van der Waals surface area contributed by atoms with Crippen LogP contribution in [0.5, 0.6) is 0 Å². The van der Waals surface area contributed by atoms with E-state index < -0.39 is 0 Å². The van der Waals surface area contributed by atoms with E-state index in [1.165, 1.54) is 5.69 Å². The van der Waals surface area contributed by atoms with Gasteiger partial charge in [0.1, 0.15) is 0 Å². The highest BCUT2D eigenvalue weighted by atomic mass is 16.5. The van der Waals surface area contributed by atoms with E-state index in [4.69, 9.17) is 9.26 Å². The first kappa shape index (κ1) is 17.9. The summed E-state index contributed by atoms with van der Waals surface area (Å²) in [5.41, 5.74) is 2.97. The number of anilines is 2. The van der Waals surface area contributed by atoms with Crippen molar-refractivity contribution in [2.75, 3.05) is 42.6 Å². The summed E-state index contributed by atoms with van der Waals surface area (Å²) in [6, 6.07) is 17.9. The van der Waals surface area contributed by atoms with Crippen LogP contribution in [0.4, 0.5) is 11.4 Å². The first-order valence-electron chi connectivity index (χ1n) is 9.90. The summed E-state index contributed by atoms with van der Waals surface area (Å²) in [6.07, 6.45) is 0.381. The molecular formula is C22H22N4O3. The zero-order valence-electron chi connectivity index (χ0n) is 16.0. The Labute approximate surface area is 168 Å². The van der Waals surface area contributed by atoms with Crippen LogP contribution in [0.1, 0.15) is 18.2 Å². The molecule has 0 bridgehead atoms. The second-order valence-corrected chi connectivity index (χ2v) is 7.34. The van der Waals surface area contributed by atoms with Crippen molar-refractivity contribution in [1.29, 1.82) is 0 Å². The summed E-state index contributed by atoms with van der Waals surface area (Å²) < 4.78 is 10.9. The Bertz CT molecular complexity index is 981. The molecule has 1 atom stereocenters. The number of hydrogen-bond acceptors (Lipinski definition) is 6. The van der Waals surface area contributed by atoms with Crippen LogP contribution in [0.2, 0.25) is 0 Å². The highest BCUT2D eigenvalue weighted by molar-refractivity contribution is 5.96. The number of morpholine rings is 1. The monoisotopic (exact) mass is 390 g/mol. The quantitative estimate of drug-likeness (QED) is 0.682. The Morgan fingerprint density at radius 3 is 2.45 bits per heavy atom. The van der Waals surface area contributed by atoms with Crippen LogP contribution < -0.4 is 9.80 Å². The minimum atomic E-state index is -0.0865. The van der Waals surface area contributed by atoms with Crippen LogP contribution in [-0.4, -0.2) is 48.9 Å². The van der Waals surface area contributed by atoms with Gasteiger partial charge in [-0.25, -0.2) is 0 Å². The van der Waals surface area contributed by atoms with E-state index in [9.17, 15) is 4.79 Å². The number of aromatic nitrogens is 2. The van der Waals surface area contributed by atoms with Crippen molar-refractivity contribution in [3.8, 4) is 11.4 Å². The van der Waals surface area contributed by atoms with E-state index >= 15 is 0 Å². The minimum Gasteiger partial charge on any atom is -0.378 e. The molecule has 5 rings (SSSR count). The summed E-state index contributed by atoms with van der Waals surface area (Å²) in [4.78, 5) is 21.1. The van der Waals surface area contributed by atoms with Crippen molar-refractivity contribution >= 4 is 17.3 Å². The summed E-state index contributed by atoms with van der Waals surface area (Å²) in [6.45, 7) is 3.88. The van der Waals surface area contributed by atoms with Crippen LogP contribution in [0.25, 0.3) is 11.4 Å². The standard InChI is InChI=1S/C22H22N4O3/c27-20-14-17(15-26(20)19-4-2-1-3-5-19)22-23-21(24-29-22)16-6-8-18(9-7-16)25-10-12-28-13-11-25/h1-9,17H,10-15H2/t17-/m1/s1. The maximum atomic E-state index is 12.4. The maximum absolute atomic E-state index is 12.4. The number of benzene rings is 2. The van der Waals surface area contributed by atoms with Gasteiger partial charge < -0.3 is 19.1 Å². The third-order valence-electron chi connectivity index (χ3n) is 5.49. The van der Waals surface area contributed by atoms with Crippen molar-refractivity contribution in [1.82, 2.24) is 10.1 Å². The number of rotatable bonds is 4. The number of hydrogen-bond donors (Lipinski definition) is 0. The topological polar surface area (TPSA) is 71.7 Å². The molecule has 3 heterocycles. The molecule has 1 amide bonds. The lowest BCUT2D eigenvalue weighted by Gasteiger charge is -2.28. The lowest BCUT2D eigenvalue weighted by molar-refractivity contribution is -0.117. The van der Waals surface area contributed by atoms with Gasteiger partial charge in [0.25, 0.3) is 0 Å². The predicted molar refractivity (Wildman–Crippen MR) is 109 cm³/mol. The van der Waals surface area contributed by atoms with E-state index in [0.717, 1.165) is 37.6 Å². The van der Waals surface area contributed by atoms with Crippen LogP contribution in [0, 0.1) is 0 Å². The van der Waals surface area contributed by atoms with Gasteiger partial charge in [-0.15, -0.1) is 0 Å². The van der Waals surface area contributed by atoms with Gasteiger partial charge in [0.05, 0.1) is 19.1 Å². The molecule has 0 unspecified atom stereocenters. The Balaban J connectivity index is 1.30. The van der Waals surface area contributed by atoms with Crippen LogP contribution in [-0.2, 0) is 9.53 Å². The average Bonchev–Trinajstić information content (AvgIpc) is 3.42. The summed E-state index contributed by atoms with van der Waals surface area (Å²) >= 11 is 0. The van der Waals surface area contributed by atoms with Gasteiger partial charge in [0.2, 0.25) is 17.6 Å². The van der Waals surface area contributed by atoms with Crippen molar-refractivity contribution in [3.63, 3.8) is 0 Å². The number of nitrogens with zero attached hydrogens (tertiary/aromatic N) is 4. The van der Waals surface area contributed by atoms with Gasteiger partial charge in [-0.3, -0.25) is 4.79 Å². The molecule has 0 N–H and O–H groups in total. The highest BCUT2D eigenvalue weighted by Crippen LogP contribution is 2.32. The third kappa shape index (κ3) is 3.61. The lowest BCUT2D eigenvalue weighted by atomic mass is 10.1. The fourth-order valence-electron chi connectivity index (χ4n) is 3.89. The highest BCUT2D eigenvalue weighted by Gasteiger charge is 2.35. The molecule has 148 valence electrons. The molecule has 7 heteroatoms. The minimum absolute atomic E-state index is 0.0795. The second kappa shape index (κ2) is 7.67. The van der Waals surface area contributed by atoms with Crippen LogP contribution in [0.15, 0.2) is 59.1 Å². The van der Waals surface area contributed by atoms with Crippen molar-refractivity contribution in [2.24, 2.45) is 0 Å². The molecule has 0 radical (unpaired) electrons. The van der Waals surface area contributed by atoms with Gasteiger partial charge in [-0.1, -0.05) is 23.4 Å². The molecule has 7 nitrogen and oxygen atoms in total. The molecule has 0 saturated carbocycles. The van der Waals surface area contributed by atoms with E-state index in [1.807, 2.05) is 42.5 Å². The smallest absolute Gasteiger partial charge is 0.232 e. The average molecular weight is 390 g/mol. The zero-order chi connectivity index (χ0) is 19.6. The largest absolute Gasteiger partial charge is 0.378 e. The maximum Gasteiger partial charge on any atom is 0.232 e. The van der Waals surface area contributed by atoms with E-state index in [2.05, 4.69) is 27.2 Å². The van der Waals surface area contributed by atoms with Gasteiger partial charge in [0.15, 0.2) is 0 Å². The predicted octanol–water partition coefficient (Wildman–Crippen LogP) is 3.09. The van der Waals surface area contributed by atoms with Crippen molar-refractivity contribution in [2.45, 2.75) is 12.3 Å². The molecule has 0 spiro atoms. The molecule has 2 aliphatic rings. The Hall–Kier alpha value is -3.19. The first-order valence-corrected chi connectivity index (χ1v) is 9.90. The fraction of sp³-hybridized carbons (Fsp3) is 0.318. The van der Waals surface area contributed by atoms with Gasteiger partial charge in [0, 0.05) is 43.0 Å². The second-order valence-electron chi connectivity index (χ2n) is 7.34. The summed E-state index contributed by atoms with van der Waals surface area (Å²) in [5.74, 6) is 1.07. The van der Waals surface area contributed by atoms with Crippen LogP contribution >= 0.6 is 0 Å². The summed E-state index contributed by atoms with van der Waals surface area (Å²) in [5, 5.41) is 4.15. The van der Waals surface area contributed by atoms with Gasteiger partial charge in [-0.2, -0.15) is 4.98 Å². The Morgan fingerprint density at radius 1 is 0.931 bits per heavy atom. The number of carbonyl (C=O) groups is 1. The third-order valence-corrected chi connectivity index (χ3v) is 5.49. The van der Waals surface area contributed by atoms with E-state index in [1.54, 1.807) is 4.90 Å². The molecular weight excluding hydrogens is 368 g/mol. The summed E-state index contributed by atoms with van der Waals surface area (Å²) in [7, 11) is 0. The van der Waals surface area contributed by atoms with E-state index in [0.29, 0.717) is 24.7 Å². The molecule has 29 heavy (non-hydrogen) atoms. The number of carbonyl (C=O) groups excluding carboxylic acids is 1. The molecule has 0 aliphatic carbocycles. The Kier molecular flexibility index (Phi) is 4.73. The molecule has 3 aromatic rings. The first-order chi connectivity index (χ1) is 14.3. The van der Waals surface area contributed by atoms with E-state index in [-0.39, 0.29) is 11.8 Å². The van der Waals surface area contributed by atoms with Crippen molar-refractivity contribution < 1.29 is 14.1 Å². The SMILES string of the molecule is O=C1C[C@@H](c2nc(-c3ccc(N4CCOCC4)cc3)no2)CN1c1ccccc1. The molecule has 2 fully saturated rings. The van der Waals surface area contributed by atoms with Gasteiger partial charge >= 0.3 is 0 Å². The fourth-order valence-corrected chi connectivity index (χ4v) is 3.89. The van der Waals surface area contributed by atoms with Crippen LogP contribution in [0.3, 0.4) is 0 Å². The van der Waals surface area contributed by atoms with Gasteiger partial charge in [-0.05, 0) is 36.4 Å². The number of ether oxygens (including phenoxy) is 1. The number of amides is 1. The number of para-hydroxylation sites is 1. The molecule has 2 aromatic carbocycles. The lowest BCUT2D eigenvalue weighted by Crippen LogP contribution is -2.36. The Morgan fingerprint density at radius 2 is 1.69 bits per heavy atom. The molecule has 2 aliphatic heterocycles.